The minimum absolute atomic E-state index is 0.0588. The number of benzene rings is 2. The molecule has 2 amide bonds. The Labute approximate surface area is 186 Å². The number of nitrogens with zero attached hydrogens (tertiary/aromatic N) is 2. The number of likely N-dealkylation sites (tertiary alicyclic amines) is 1. The Morgan fingerprint density at radius 2 is 1.97 bits per heavy atom. The minimum atomic E-state index is -0.375. The van der Waals surface area contributed by atoms with Gasteiger partial charge in [-0.2, -0.15) is 0 Å². The van der Waals surface area contributed by atoms with Gasteiger partial charge in [0.2, 0.25) is 11.8 Å². The summed E-state index contributed by atoms with van der Waals surface area (Å²) < 4.78 is 19.4. The average Bonchev–Trinajstić information content (AvgIpc) is 2.81. The van der Waals surface area contributed by atoms with E-state index in [1.807, 2.05) is 11.8 Å². The van der Waals surface area contributed by atoms with Gasteiger partial charge in [0.25, 0.3) is 0 Å². The Balaban J connectivity index is 1.48. The van der Waals surface area contributed by atoms with Crippen molar-refractivity contribution in [1.29, 1.82) is 0 Å². The molecule has 0 unspecified atom stereocenters. The van der Waals surface area contributed by atoms with Gasteiger partial charge in [-0.15, -0.1) is 0 Å². The maximum absolute atomic E-state index is 13.5. The van der Waals surface area contributed by atoms with Crippen molar-refractivity contribution in [2.45, 2.75) is 32.6 Å². The molecule has 4 rings (SSSR count). The largest absolute Gasteiger partial charge is 0.457 e. The number of nitrogens with one attached hydrogen (secondary N) is 1. The van der Waals surface area contributed by atoms with Gasteiger partial charge in [0.15, 0.2) is 0 Å². The highest BCUT2D eigenvalue weighted by atomic mass is 19.1. The number of fused-ring (bicyclic) bond motifs is 1. The molecule has 1 saturated heterocycles. The second kappa shape index (κ2) is 9.77. The number of anilines is 1. The van der Waals surface area contributed by atoms with Gasteiger partial charge in [-0.3, -0.25) is 14.6 Å². The lowest BCUT2D eigenvalue weighted by Gasteiger charge is -2.31. The molecule has 1 aliphatic heterocycles. The topological polar surface area (TPSA) is 71.5 Å². The molecule has 0 aliphatic carbocycles. The van der Waals surface area contributed by atoms with Crippen LogP contribution in [0.5, 0.6) is 11.5 Å². The fraction of sp³-hybridized carbons (Fsp3) is 0.320. The lowest BCUT2D eigenvalue weighted by molar-refractivity contribution is -0.134. The van der Waals surface area contributed by atoms with Gasteiger partial charge in [-0.1, -0.05) is 13.0 Å². The van der Waals surface area contributed by atoms with Crippen LogP contribution in [0.1, 0.15) is 32.6 Å². The smallest absolute Gasteiger partial charge is 0.227 e. The molecule has 0 atom stereocenters. The highest BCUT2D eigenvalue weighted by Crippen LogP contribution is 2.34. The molecule has 0 bridgehead atoms. The van der Waals surface area contributed by atoms with E-state index in [2.05, 4.69) is 10.3 Å². The van der Waals surface area contributed by atoms with Crippen molar-refractivity contribution < 1.29 is 18.7 Å². The van der Waals surface area contributed by atoms with E-state index in [1.54, 1.807) is 42.7 Å². The highest BCUT2D eigenvalue weighted by Gasteiger charge is 2.27. The summed E-state index contributed by atoms with van der Waals surface area (Å²) in [5.41, 5.74) is 0.647. The summed E-state index contributed by atoms with van der Waals surface area (Å²) in [6.45, 7) is 3.21. The zero-order valence-corrected chi connectivity index (χ0v) is 18.0. The molecular formula is C25H26FN3O3. The van der Waals surface area contributed by atoms with E-state index in [1.165, 1.54) is 12.1 Å². The molecule has 32 heavy (non-hydrogen) atoms. The van der Waals surface area contributed by atoms with Crippen LogP contribution in [0.15, 0.2) is 54.9 Å². The number of piperidine rings is 1. The van der Waals surface area contributed by atoms with Crippen LogP contribution in [0, 0.1) is 11.7 Å². The Bertz CT molecular complexity index is 1130. The van der Waals surface area contributed by atoms with Crippen LogP contribution in [0.2, 0.25) is 0 Å². The van der Waals surface area contributed by atoms with E-state index in [9.17, 15) is 14.0 Å². The summed E-state index contributed by atoms with van der Waals surface area (Å²) in [7, 11) is 0. The maximum Gasteiger partial charge on any atom is 0.227 e. The zero-order chi connectivity index (χ0) is 22.5. The molecule has 1 aromatic heterocycles. The van der Waals surface area contributed by atoms with Crippen LogP contribution in [-0.2, 0) is 9.59 Å². The predicted octanol–water partition coefficient (Wildman–Crippen LogP) is 5.14. The molecule has 0 spiro atoms. The number of pyridine rings is 1. The summed E-state index contributed by atoms with van der Waals surface area (Å²) >= 11 is 0. The molecule has 1 fully saturated rings. The first-order valence-electron chi connectivity index (χ1n) is 10.9. The molecule has 3 aromatic rings. The molecule has 1 N–H and O–H groups in total. The van der Waals surface area contributed by atoms with Gasteiger partial charge in [0, 0.05) is 54.7 Å². The van der Waals surface area contributed by atoms with Gasteiger partial charge in [-0.05, 0) is 49.6 Å². The molecule has 0 saturated carbocycles. The number of hydrogen-bond donors (Lipinski definition) is 1. The standard InChI is InChI=1S/C25H26FN3O3/c1-2-4-24(30)29-13-10-17(11-14-29)25(31)28-22-7-8-23(20-9-12-27-16-21(20)22)32-19-6-3-5-18(26)15-19/h3,5-9,12,15-17H,2,4,10-11,13-14H2,1H3,(H,28,31). The molecule has 6 nitrogen and oxygen atoms in total. The number of amides is 2. The van der Waals surface area contributed by atoms with Crippen LogP contribution in [0.4, 0.5) is 10.1 Å². The van der Waals surface area contributed by atoms with Crippen LogP contribution in [0.25, 0.3) is 10.8 Å². The third-order valence-corrected chi connectivity index (χ3v) is 5.74. The van der Waals surface area contributed by atoms with Crippen molar-refractivity contribution in [1.82, 2.24) is 9.88 Å². The number of carbonyl (C=O) groups excluding carboxylic acids is 2. The summed E-state index contributed by atoms with van der Waals surface area (Å²) in [6.07, 6.45) is 6.01. The number of aromatic nitrogens is 1. The fourth-order valence-corrected chi connectivity index (χ4v) is 4.02. The van der Waals surface area contributed by atoms with Crippen LogP contribution in [0.3, 0.4) is 0 Å². The molecule has 2 aromatic carbocycles. The maximum atomic E-state index is 13.5. The summed E-state index contributed by atoms with van der Waals surface area (Å²) in [6, 6.07) is 11.3. The van der Waals surface area contributed by atoms with E-state index in [0.717, 1.165) is 17.2 Å². The number of ether oxygens (including phenoxy) is 1. The van der Waals surface area contributed by atoms with Crippen molar-refractivity contribution >= 4 is 28.3 Å². The van der Waals surface area contributed by atoms with E-state index in [4.69, 9.17) is 4.74 Å². The van der Waals surface area contributed by atoms with Gasteiger partial charge >= 0.3 is 0 Å². The van der Waals surface area contributed by atoms with Gasteiger partial charge in [-0.25, -0.2) is 4.39 Å². The third kappa shape index (κ3) is 4.88. The third-order valence-electron chi connectivity index (χ3n) is 5.74. The van der Waals surface area contributed by atoms with Gasteiger partial charge in [0.05, 0.1) is 5.69 Å². The Kier molecular flexibility index (Phi) is 6.63. The molecule has 2 heterocycles. The second-order valence-electron chi connectivity index (χ2n) is 7.99. The first-order chi connectivity index (χ1) is 15.5. The Morgan fingerprint density at radius 1 is 1.16 bits per heavy atom. The van der Waals surface area contributed by atoms with Crippen LogP contribution >= 0.6 is 0 Å². The molecule has 166 valence electrons. The van der Waals surface area contributed by atoms with Gasteiger partial charge < -0.3 is 15.0 Å². The average molecular weight is 435 g/mol. The number of hydrogen-bond acceptors (Lipinski definition) is 4. The highest BCUT2D eigenvalue weighted by molar-refractivity contribution is 6.04. The number of halogens is 1. The van der Waals surface area contributed by atoms with Crippen LogP contribution in [-0.4, -0.2) is 34.8 Å². The van der Waals surface area contributed by atoms with E-state index >= 15 is 0 Å². The van der Waals surface area contributed by atoms with Crippen molar-refractivity contribution in [3.8, 4) is 11.5 Å². The first kappa shape index (κ1) is 21.7. The molecular weight excluding hydrogens is 409 g/mol. The minimum Gasteiger partial charge on any atom is -0.457 e. The summed E-state index contributed by atoms with van der Waals surface area (Å²) in [5.74, 6) is 0.530. The monoisotopic (exact) mass is 435 g/mol. The lowest BCUT2D eigenvalue weighted by atomic mass is 9.95. The molecule has 1 aliphatic rings. The van der Waals surface area contributed by atoms with Crippen molar-refractivity contribution in [2.75, 3.05) is 18.4 Å². The normalized spacial score (nSPS) is 14.4. The predicted molar refractivity (Wildman–Crippen MR) is 121 cm³/mol. The first-order valence-corrected chi connectivity index (χ1v) is 10.9. The number of carbonyl (C=O) groups is 2. The van der Waals surface area contributed by atoms with Gasteiger partial charge in [0.1, 0.15) is 17.3 Å². The zero-order valence-electron chi connectivity index (χ0n) is 18.0. The van der Waals surface area contributed by atoms with E-state index < -0.39 is 0 Å². The lowest BCUT2D eigenvalue weighted by Crippen LogP contribution is -2.41. The van der Waals surface area contributed by atoms with E-state index in [-0.39, 0.29) is 23.5 Å². The Hall–Kier alpha value is -3.48. The molecule has 7 heteroatoms. The second-order valence-corrected chi connectivity index (χ2v) is 7.99. The quantitative estimate of drug-likeness (QED) is 0.582. The Morgan fingerprint density at radius 3 is 2.72 bits per heavy atom. The number of rotatable bonds is 6. The van der Waals surface area contributed by atoms with Crippen LogP contribution < -0.4 is 10.1 Å². The van der Waals surface area contributed by atoms with Crippen molar-refractivity contribution in [2.24, 2.45) is 5.92 Å². The van der Waals surface area contributed by atoms with Crippen molar-refractivity contribution in [3.05, 3.63) is 60.7 Å². The molecule has 0 radical (unpaired) electrons. The summed E-state index contributed by atoms with van der Waals surface area (Å²) in [4.78, 5) is 31.0. The summed E-state index contributed by atoms with van der Waals surface area (Å²) in [5, 5.41) is 4.53. The fourth-order valence-electron chi connectivity index (χ4n) is 4.02. The van der Waals surface area contributed by atoms with Crippen molar-refractivity contribution in [3.63, 3.8) is 0 Å². The SMILES string of the molecule is CCCC(=O)N1CCC(C(=O)Nc2ccc(Oc3cccc(F)c3)c3ccncc23)CC1. The van der Waals surface area contributed by atoms with E-state index in [0.29, 0.717) is 49.5 Å².